The van der Waals surface area contributed by atoms with E-state index in [-0.39, 0.29) is 31.2 Å². The van der Waals surface area contributed by atoms with Gasteiger partial charge in [0.25, 0.3) is 0 Å². The molecule has 0 spiro atoms. The first-order valence-electron chi connectivity index (χ1n) is 8.82. The van der Waals surface area contributed by atoms with Crippen LogP contribution < -0.4 is 5.11 Å². The van der Waals surface area contributed by atoms with Gasteiger partial charge < -0.3 is 9.53 Å². The predicted molar refractivity (Wildman–Crippen MR) is 103 cm³/mol. The van der Waals surface area contributed by atoms with Gasteiger partial charge in [-0.05, 0) is 32.0 Å². The molecule has 0 amide bonds. The van der Waals surface area contributed by atoms with Crippen LogP contribution in [0.25, 0.3) is 0 Å². The molecule has 0 aromatic heterocycles. The van der Waals surface area contributed by atoms with E-state index in [1.165, 1.54) is 0 Å². The van der Waals surface area contributed by atoms with Crippen molar-refractivity contribution < 1.29 is 29.0 Å². The van der Waals surface area contributed by atoms with Crippen molar-refractivity contribution in [3.63, 3.8) is 0 Å². The van der Waals surface area contributed by atoms with Crippen LogP contribution in [-0.4, -0.2) is 22.0 Å². The Morgan fingerprint density at radius 2 is 1.67 bits per heavy atom. The van der Waals surface area contributed by atoms with Crippen LogP contribution in [0.1, 0.15) is 34.6 Å². The van der Waals surface area contributed by atoms with Crippen LogP contribution in [0.3, 0.4) is 0 Å². The third-order valence-corrected chi connectivity index (χ3v) is 10.6. The second-order valence-electron chi connectivity index (χ2n) is 7.86. The summed E-state index contributed by atoms with van der Waals surface area (Å²) in [6.07, 6.45) is 3.65. The summed E-state index contributed by atoms with van der Waals surface area (Å²) in [6.45, 7) is 17.4. The topological polar surface area (TPSA) is 32.3 Å². The molecule has 1 aliphatic carbocycles. The number of hydrogen-bond donors (Lipinski definition) is 0. The minimum absolute atomic E-state index is 0. The van der Waals surface area contributed by atoms with E-state index in [0.717, 1.165) is 23.7 Å². The first-order chi connectivity index (χ1) is 10.5. The van der Waals surface area contributed by atoms with Gasteiger partial charge in [0.15, 0.2) is 8.32 Å². The van der Waals surface area contributed by atoms with Crippen molar-refractivity contribution in [2.75, 3.05) is 0 Å². The van der Waals surface area contributed by atoms with Crippen molar-refractivity contribution in [2.45, 2.75) is 78.0 Å². The minimum atomic E-state index is -1.78. The third kappa shape index (κ3) is 5.70. The van der Waals surface area contributed by atoms with E-state index in [0.29, 0.717) is 0 Å². The van der Waals surface area contributed by atoms with Gasteiger partial charge in [-0.1, -0.05) is 64.1 Å². The van der Waals surface area contributed by atoms with E-state index in [9.17, 15) is 5.11 Å². The Morgan fingerprint density at radius 3 is 2.08 bits per heavy atom. The monoisotopic (exact) mass is 413 g/mol. The summed E-state index contributed by atoms with van der Waals surface area (Å²) in [5.41, 5.74) is 3.81. The maximum atomic E-state index is 12.2. The smallest absolute Gasteiger partial charge is 0.193 e. The van der Waals surface area contributed by atoms with Crippen LogP contribution >= 0.6 is 0 Å². The molecule has 0 fully saturated rings. The molecular weight excluding hydrogens is 382 g/mol. The van der Waals surface area contributed by atoms with Crippen LogP contribution in [-0.2, 0) is 23.9 Å². The molecule has 0 unspecified atom stereocenters. The molecule has 0 saturated heterocycles. The van der Waals surface area contributed by atoms with E-state index < -0.39 is 22.0 Å². The molecule has 0 saturated carbocycles. The second-order valence-corrected chi connectivity index (χ2v) is 17.3. The SMILES string of the molecule is CC[Si](CC)(CC)O[C@@]1(C)C=CC([O-])=C(C)[C@H]1C#C[Si](C)(C)C.[Zn]. The van der Waals surface area contributed by atoms with Crippen molar-refractivity contribution >= 4 is 16.4 Å². The molecule has 0 aromatic carbocycles. The van der Waals surface area contributed by atoms with Crippen molar-refractivity contribution in [3.8, 4) is 11.5 Å². The summed E-state index contributed by atoms with van der Waals surface area (Å²) in [5, 5.41) is 12.2. The zero-order valence-electron chi connectivity index (χ0n) is 16.9. The zero-order chi connectivity index (χ0) is 17.9. The van der Waals surface area contributed by atoms with Crippen molar-refractivity contribution in [2.24, 2.45) is 5.92 Å². The van der Waals surface area contributed by atoms with E-state index in [2.05, 4.69) is 58.8 Å². The molecule has 0 heterocycles. The normalized spacial score (nSPS) is 24.2. The summed E-state index contributed by atoms with van der Waals surface area (Å²) in [7, 11) is -3.27. The molecule has 2 atom stereocenters. The summed E-state index contributed by atoms with van der Waals surface area (Å²) in [4.78, 5) is 0. The molecular formula is C19H33O2Si2Zn-. The maximum Gasteiger partial charge on any atom is 0.193 e. The van der Waals surface area contributed by atoms with Crippen LogP contribution in [0.5, 0.6) is 0 Å². The quantitative estimate of drug-likeness (QED) is 0.491. The Hall–Kier alpha value is -0.143. The minimum Gasteiger partial charge on any atom is -0.872 e. The van der Waals surface area contributed by atoms with Crippen LogP contribution in [0, 0.1) is 17.4 Å². The van der Waals surface area contributed by atoms with Gasteiger partial charge in [0.05, 0.1) is 11.5 Å². The molecule has 5 heteroatoms. The fourth-order valence-corrected chi connectivity index (χ4v) is 6.74. The average molecular weight is 415 g/mol. The number of hydrogen-bond acceptors (Lipinski definition) is 2. The van der Waals surface area contributed by atoms with E-state index in [4.69, 9.17) is 4.43 Å². The van der Waals surface area contributed by atoms with Crippen molar-refractivity contribution in [3.05, 3.63) is 23.5 Å². The van der Waals surface area contributed by atoms with Crippen LogP contribution in [0.2, 0.25) is 37.8 Å². The summed E-state index contributed by atoms with van der Waals surface area (Å²) in [5.74, 6) is 3.40. The van der Waals surface area contributed by atoms with Gasteiger partial charge in [-0.2, -0.15) is 0 Å². The number of rotatable bonds is 5. The Morgan fingerprint density at radius 1 is 1.17 bits per heavy atom. The molecule has 0 aromatic rings. The fourth-order valence-electron chi connectivity index (χ4n) is 3.11. The Balaban J connectivity index is 0.00000529. The Kier molecular flexibility index (Phi) is 8.93. The largest absolute Gasteiger partial charge is 0.872 e. The van der Waals surface area contributed by atoms with Gasteiger partial charge in [-0.3, -0.25) is 0 Å². The van der Waals surface area contributed by atoms with Crippen molar-refractivity contribution in [1.29, 1.82) is 0 Å². The van der Waals surface area contributed by atoms with Gasteiger partial charge in [-0.15, -0.1) is 11.3 Å². The van der Waals surface area contributed by atoms with E-state index in [1.807, 2.05) is 13.0 Å². The van der Waals surface area contributed by atoms with Crippen molar-refractivity contribution in [1.82, 2.24) is 0 Å². The maximum absolute atomic E-state index is 12.2. The van der Waals surface area contributed by atoms with Gasteiger partial charge in [0.2, 0.25) is 0 Å². The predicted octanol–water partition coefficient (Wildman–Crippen LogP) is 4.47. The molecule has 24 heavy (non-hydrogen) atoms. The zero-order valence-corrected chi connectivity index (χ0v) is 21.8. The second kappa shape index (κ2) is 8.99. The average Bonchev–Trinajstić information content (AvgIpc) is 2.48. The Labute approximate surface area is 164 Å². The first-order valence-corrected chi connectivity index (χ1v) is 14.9. The molecule has 0 bridgehead atoms. The molecule has 0 N–H and O–H groups in total. The molecule has 1 rings (SSSR count). The van der Waals surface area contributed by atoms with Gasteiger partial charge >= 0.3 is 0 Å². The van der Waals surface area contributed by atoms with Gasteiger partial charge in [-0.25, -0.2) is 0 Å². The van der Waals surface area contributed by atoms with E-state index >= 15 is 0 Å². The summed E-state index contributed by atoms with van der Waals surface area (Å²) in [6, 6.07) is 3.31. The van der Waals surface area contributed by atoms with E-state index in [1.54, 1.807) is 6.08 Å². The third-order valence-electron chi connectivity index (χ3n) is 4.92. The van der Waals surface area contributed by atoms with Crippen LogP contribution in [0.4, 0.5) is 0 Å². The van der Waals surface area contributed by atoms with Gasteiger partial charge in [0.1, 0.15) is 8.07 Å². The van der Waals surface area contributed by atoms with Gasteiger partial charge in [0, 0.05) is 19.5 Å². The molecule has 0 aliphatic heterocycles. The molecule has 132 valence electrons. The molecule has 2 nitrogen and oxygen atoms in total. The fraction of sp³-hybridized carbons (Fsp3) is 0.684. The van der Waals surface area contributed by atoms with Crippen LogP contribution in [0.15, 0.2) is 23.5 Å². The molecule has 1 aliphatic rings. The number of allylic oxidation sites excluding steroid dienone is 1. The summed E-state index contributed by atoms with van der Waals surface area (Å²) >= 11 is 0. The summed E-state index contributed by atoms with van der Waals surface area (Å²) < 4.78 is 6.80. The Bertz CT molecular complexity index is 540. The first kappa shape index (κ1) is 23.9. The standard InChI is InChI=1S/C19H34O2Si2.Zn/c1-9-23(10-2,11-3)21-19(5)14-12-18(20)16(4)17(19)13-15-22(6,7)8;/h12,14,17,20H,9-11H2,1-8H3;/p-1/t17-,19+;/m1./s1. The molecule has 0 radical (unpaired) electrons.